The summed E-state index contributed by atoms with van der Waals surface area (Å²) in [4.78, 5) is 12.2. The standard InChI is InChI=1S/C25H25N7O2/c1-17-9-11-18(12-10-17)25-30-29-23(34-25)14-13-22(33)28-15-5-8-21-20(16-26)24(27)32(31-21)19-6-3-2-4-7-19/h2-4,6-7,9-12H,5,8,13-15,27H2,1H3,(H,28,33). The van der Waals surface area contributed by atoms with Gasteiger partial charge in [-0.1, -0.05) is 35.9 Å². The number of benzene rings is 2. The molecular formula is C25H25N7O2. The smallest absolute Gasteiger partial charge is 0.247 e. The molecule has 2 aromatic heterocycles. The van der Waals surface area contributed by atoms with Gasteiger partial charge in [-0.25, -0.2) is 4.68 Å². The van der Waals surface area contributed by atoms with Crippen LogP contribution in [0.15, 0.2) is 59.0 Å². The lowest BCUT2D eigenvalue weighted by molar-refractivity contribution is -0.121. The highest BCUT2D eigenvalue weighted by Crippen LogP contribution is 2.21. The Morgan fingerprint density at radius 1 is 1.12 bits per heavy atom. The van der Waals surface area contributed by atoms with Crippen LogP contribution in [0.2, 0.25) is 0 Å². The van der Waals surface area contributed by atoms with E-state index in [1.807, 2.05) is 61.5 Å². The first-order valence-corrected chi connectivity index (χ1v) is 11.0. The van der Waals surface area contributed by atoms with Crippen LogP contribution in [-0.4, -0.2) is 32.4 Å². The third-order valence-electron chi connectivity index (χ3n) is 5.35. The van der Waals surface area contributed by atoms with Crippen molar-refractivity contribution in [2.45, 2.75) is 32.6 Å². The predicted molar refractivity (Wildman–Crippen MR) is 127 cm³/mol. The molecule has 3 N–H and O–H groups in total. The van der Waals surface area contributed by atoms with E-state index in [2.05, 4.69) is 26.7 Å². The van der Waals surface area contributed by atoms with Crippen molar-refractivity contribution in [1.29, 1.82) is 5.26 Å². The van der Waals surface area contributed by atoms with Crippen LogP contribution in [0.25, 0.3) is 17.1 Å². The highest BCUT2D eigenvalue weighted by Gasteiger charge is 2.16. The van der Waals surface area contributed by atoms with Gasteiger partial charge in [0.1, 0.15) is 17.5 Å². The van der Waals surface area contributed by atoms with Gasteiger partial charge in [0, 0.05) is 24.9 Å². The van der Waals surface area contributed by atoms with Gasteiger partial charge in [0.25, 0.3) is 0 Å². The van der Waals surface area contributed by atoms with Gasteiger partial charge >= 0.3 is 0 Å². The molecule has 0 bridgehead atoms. The number of rotatable bonds is 9. The van der Waals surface area contributed by atoms with E-state index in [1.165, 1.54) is 0 Å². The molecule has 0 saturated carbocycles. The van der Waals surface area contributed by atoms with Gasteiger partial charge in [0.15, 0.2) is 0 Å². The second-order valence-corrected chi connectivity index (χ2v) is 7.89. The van der Waals surface area contributed by atoms with Gasteiger partial charge in [-0.15, -0.1) is 10.2 Å². The molecule has 0 saturated heterocycles. The Labute approximate surface area is 197 Å². The first-order chi connectivity index (χ1) is 16.5. The zero-order valence-electron chi connectivity index (χ0n) is 18.9. The zero-order chi connectivity index (χ0) is 23.9. The third-order valence-corrected chi connectivity index (χ3v) is 5.35. The summed E-state index contributed by atoms with van der Waals surface area (Å²) >= 11 is 0. The average Bonchev–Trinajstić information content (AvgIpc) is 3.46. The summed E-state index contributed by atoms with van der Waals surface area (Å²) in [5, 5.41) is 25.0. The minimum absolute atomic E-state index is 0.107. The number of para-hydroxylation sites is 1. The van der Waals surface area contributed by atoms with Crippen molar-refractivity contribution in [3.8, 4) is 23.2 Å². The molecule has 0 spiro atoms. The maximum Gasteiger partial charge on any atom is 0.247 e. The average molecular weight is 456 g/mol. The van der Waals surface area contributed by atoms with Crippen molar-refractivity contribution in [2.75, 3.05) is 12.3 Å². The van der Waals surface area contributed by atoms with Crippen LogP contribution >= 0.6 is 0 Å². The van der Waals surface area contributed by atoms with Crippen LogP contribution in [0.4, 0.5) is 5.82 Å². The molecule has 0 radical (unpaired) electrons. The van der Waals surface area contributed by atoms with E-state index in [-0.39, 0.29) is 12.3 Å². The van der Waals surface area contributed by atoms with Crippen LogP contribution in [0.3, 0.4) is 0 Å². The van der Waals surface area contributed by atoms with E-state index >= 15 is 0 Å². The molecular weight excluding hydrogens is 430 g/mol. The number of nitrogens with zero attached hydrogens (tertiary/aromatic N) is 5. The van der Waals surface area contributed by atoms with E-state index in [0.29, 0.717) is 54.7 Å². The van der Waals surface area contributed by atoms with Crippen molar-refractivity contribution in [2.24, 2.45) is 0 Å². The summed E-state index contributed by atoms with van der Waals surface area (Å²) in [6.07, 6.45) is 1.76. The maximum atomic E-state index is 12.2. The number of nitrogens with two attached hydrogens (primary N) is 1. The van der Waals surface area contributed by atoms with Gasteiger partial charge in [0.2, 0.25) is 17.7 Å². The van der Waals surface area contributed by atoms with E-state index < -0.39 is 0 Å². The van der Waals surface area contributed by atoms with Crippen molar-refractivity contribution < 1.29 is 9.21 Å². The summed E-state index contributed by atoms with van der Waals surface area (Å²) in [6, 6.07) is 19.4. The highest BCUT2D eigenvalue weighted by molar-refractivity contribution is 5.76. The van der Waals surface area contributed by atoms with Crippen LogP contribution in [0.5, 0.6) is 0 Å². The van der Waals surface area contributed by atoms with E-state index in [1.54, 1.807) is 4.68 Å². The first kappa shape index (κ1) is 22.7. The second kappa shape index (κ2) is 10.4. The molecule has 0 aliphatic heterocycles. The fourth-order valence-electron chi connectivity index (χ4n) is 3.50. The van der Waals surface area contributed by atoms with Gasteiger partial charge in [0.05, 0.1) is 11.4 Å². The van der Waals surface area contributed by atoms with Crippen LogP contribution in [0, 0.1) is 18.3 Å². The third kappa shape index (κ3) is 5.30. The number of carbonyl (C=O) groups excluding carboxylic acids is 1. The minimum atomic E-state index is -0.107. The molecule has 0 aliphatic carbocycles. The summed E-state index contributed by atoms with van der Waals surface area (Å²) < 4.78 is 7.23. The number of nitrogen functional groups attached to an aromatic ring is 1. The number of amides is 1. The number of aromatic nitrogens is 4. The van der Waals surface area contributed by atoms with Crippen LogP contribution in [-0.2, 0) is 17.6 Å². The summed E-state index contributed by atoms with van der Waals surface area (Å²) in [7, 11) is 0. The number of anilines is 1. The van der Waals surface area contributed by atoms with Gasteiger partial charge < -0.3 is 15.5 Å². The minimum Gasteiger partial charge on any atom is -0.421 e. The Morgan fingerprint density at radius 3 is 2.62 bits per heavy atom. The van der Waals surface area contributed by atoms with Crippen molar-refractivity contribution >= 4 is 11.7 Å². The van der Waals surface area contributed by atoms with E-state index in [9.17, 15) is 10.1 Å². The lowest BCUT2D eigenvalue weighted by Gasteiger charge is -2.04. The molecule has 34 heavy (non-hydrogen) atoms. The lowest BCUT2D eigenvalue weighted by atomic mass is 10.1. The number of nitriles is 1. The highest BCUT2D eigenvalue weighted by atomic mass is 16.4. The number of hydrogen-bond acceptors (Lipinski definition) is 7. The van der Waals surface area contributed by atoms with Crippen molar-refractivity contribution in [3.63, 3.8) is 0 Å². The molecule has 172 valence electrons. The number of nitrogens with one attached hydrogen (secondary N) is 1. The first-order valence-electron chi connectivity index (χ1n) is 11.0. The topological polar surface area (TPSA) is 136 Å². The molecule has 9 heteroatoms. The molecule has 2 heterocycles. The molecule has 4 rings (SSSR count). The predicted octanol–water partition coefficient (Wildman–Crippen LogP) is 3.37. The Kier molecular flexibility index (Phi) is 6.98. The largest absolute Gasteiger partial charge is 0.421 e. The Morgan fingerprint density at radius 2 is 1.88 bits per heavy atom. The monoisotopic (exact) mass is 455 g/mol. The maximum absolute atomic E-state index is 12.2. The second-order valence-electron chi connectivity index (χ2n) is 7.89. The van der Waals surface area contributed by atoms with E-state index in [0.717, 1.165) is 16.8 Å². The molecule has 4 aromatic rings. The fourth-order valence-corrected chi connectivity index (χ4v) is 3.50. The molecule has 0 unspecified atom stereocenters. The normalized spacial score (nSPS) is 10.7. The number of hydrogen-bond donors (Lipinski definition) is 2. The van der Waals surface area contributed by atoms with Gasteiger partial charge in [-0.2, -0.15) is 10.4 Å². The van der Waals surface area contributed by atoms with Gasteiger partial charge in [-0.05, 0) is 44.0 Å². The van der Waals surface area contributed by atoms with Crippen molar-refractivity contribution in [1.82, 2.24) is 25.3 Å². The Hall–Kier alpha value is -4.45. The molecule has 0 aliphatic rings. The molecule has 1 amide bonds. The summed E-state index contributed by atoms with van der Waals surface area (Å²) in [6.45, 7) is 2.47. The molecule has 0 fully saturated rings. The Balaban J connectivity index is 1.24. The summed E-state index contributed by atoms with van der Waals surface area (Å²) in [5.74, 6) is 1.08. The fraction of sp³-hybridized carbons (Fsp3) is 0.240. The molecule has 9 nitrogen and oxygen atoms in total. The zero-order valence-corrected chi connectivity index (χ0v) is 18.9. The SMILES string of the molecule is Cc1ccc(-c2nnc(CCC(=O)NCCCc3nn(-c4ccccc4)c(N)c3C#N)o2)cc1. The summed E-state index contributed by atoms with van der Waals surface area (Å²) in [5.41, 5.74) is 9.91. The van der Waals surface area contributed by atoms with Crippen molar-refractivity contribution in [3.05, 3.63) is 77.3 Å². The van der Waals surface area contributed by atoms with Crippen LogP contribution in [0.1, 0.15) is 35.6 Å². The van der Waals surface area contributed by atoms with Crippen LogP contribution < -0.4 is 11.1 Å². The molecule has 0 atom stereocenters. The quantitative estimate of drug-likeness (QED) is 0.369. The lowest BCUT2D eigenvalue weighted by Crippen LogP contribution is -2.25. The number of aryl methyl sites for hydroxylation is 3. The Bertz CT molecular complexity index is 1300. The molecule has 2 aromatic carbocycles. The van der Waals surface area contributed by atoms with Gasteiger partial charge in [-0.3, -0.25) is 4.79 Å². The van der Waals surface area contributed by atoms with E-state index in [4.69, 9.17) is 10.2 Å². The number of carbonyl (C=O) groups is 1.